The van der Waals surface area contributed by atoms with Gasteiger partial charge in [-0.3, -0.25) is 0 Å². The molecule has 7 heteroatoms. The van der Waals surface area contributed by atoms with Gasteiger partial charge in [-0.15, -0.1) is 0 Å². The van der Waals surface area contributed by atoms with Crippen molar-refractivity contribution in [3.05, 3.63) is 18.3 Å². The molecule has 1 N–H and O–H groups in total. The Labute approximate surface area is 107 Å². The standard InChI is InChI=1S/C12H13F3N4/c13-12(14,15)8-3-1-2-7(4-8)10-18-9-5-16-6-17-11(9)19-10/h5-8H,1-4H2,(H,16,17,18,19). The average molecular weight is 270 g/mol. The number of fused-ring (bicyclic) bond motifs is 1. The minimum atomic E-state index is -4.11. The van der Waals surface area contributed by atoms with Gasteiger partial charge in [-0.05, 0) is 19.3 Å². The zero-order valence-corrected chi connectivity index (χ0v) is 10.1. The van der Waals surface area contributed by atoms with Crippen LogP contribution in [-0.2, 0) is 0 Å². The Morgan fingerprint density at radius 2 is 2.11 bits per heavy atom. The summed E-state index contributed by atoms with van der Waals surface area (Å²) >= 11 is 0. The predicted molar refractivity (Wildman–Crippen MR) is 62.4 cm³/mol. The van der Waals surface area contributed by atoms with Crippen LogP contribution in [0.4, 0.5) is 13.2 Å². The third-order valence-electron chi connectivity index (χ3n) is 3.70. The van der Waals surface area contributed by atoms with Gasteiger partial charge >= 0.3 is 6.18 Å². The quantitative estimate of drug-likeness (QED) is 0.865. The molecule has 0 aromatic carbocycles. The molecule has 3 rings (SSSR count). The Hall–Kier alpha value is -1.66. The van der Waals surface area contributed by atoms with Crippen LogP contribution < -0.4 is 0 Å². The maximum atomic E-state index is 12.8. The Balaban J connectivity index is 1.85. The first-order valence-corrected chi connectivity index (χ1v) is 6.26. The Morgan fingerprint density at radius 3 is 2.84 bits per heavy atom. The summed E-state index contributed by atoms with van der Waals surface area (Å²) in [4.78, 5) is 15.2. The topological polar surface area (TPSA) is 54.5 Å². The monoisotopic (exact) mass is 270 g/mol. The van der Waals surface area contributed by atoms with E-state index in [1.807, 2.05) is 0 Å². The van der Waals surface area contributed by atoms with Gasteiger partial charge in [0.05, 0.1) is 12.1 Å². The summed E-state index contributed by atoms with van der Waals surface area (Å²) in [5, 5.41) is 0. The molecular weight excluding hydrogens is 257 g/mol. The first-order chi connectivity index (χ1) is 9.04. The molecule has 4 nitrogen and oxygen atoms in total. The number of imidazole rings is 1. The van der Waals surface area contributed by atoms with Crippen LogP contribution in [-0.4, -0.2) is 26.1 Å². The van der Waals surface area contributed by atoms with Gasteiger partial charge in [0.1, 0.15) is 17.7 Å². The second-order valence-electron chi connectivity index (χ2n) is 4.98. The normalized spacial score (nSPS) is 24.8. The van der Waals surface area contributed by atoms with Crippen molar-refractivity contribution in [3.8, 4) is 0 Å². The van der Waals surface area contributed by atoms with Crippen molar-refractivity contribution in [3.63, 3.8) is 0 Å². The lowest BCUT2D eigenvalue weighted by Gasteiger charge is -2.29. The van der Waals surface area contributed by atoms with Crippen LogP contribution in [0.3, 0.4) is 0 Å². The SMILES string of the molecule is FC(F)(F)C1CCCC(c2nc3ncncc3[nH]2)C1. The van der Waals surface area contributed by atoms with Crippen molar-refractivity contribution in [1.82, 2.24) is 19.9 Å². The van der Waals surface area contributed by atoms with E-state index in [9.17, 15) is 13.2 Å². The van der Waals surface area contributed by atoms with E-state index in [1.54, 1.807) is 6.20 Å². The third kappa shape index (κ3) is 2.41. The second-order valence-corrected chi connectivity index (χ2v) is 4.98. The van der Waals surface area contributed by atoms with Crippen LogP contribution in [0.15, 0.2) is 12.5 Å². The Bertz CT molecular complexity index is 545. The minimum Gasteiger partial charge on any atom is -0.339 e. The van der Waals surface area contributed by atoms with E-state index in [1.165, 1.54) is 6.33 Å². The number of aromatic nitrogens is 4. The van der Waals surface area contributed by atoms with Gasteiger partial charge in [0.15, 0.2) is 5.65 Å². The molecule has 2 aromatic heterocycles. The van der Waals surface area contributed by atoms with Gasteiger partial charge in [0, 0.05) is 5.92 Å². The molecule has 19 heavy (non-hydrogen) atoms. The third-order valence-corrected chi connectivity index (χ3v) is 3.70. The second kappa shape index (κ2) is 4.47. The summed E-state index contributed by atoms with van der Waals surface area (Å²) in [7, 11) is 0. The number of halogens is 3. The van der Waals surface area contributed by atoms with Crippen molar-refractivity contribution < 1.29 is 13.2 Å². The summed E-state index contributed by atoms with van der Waals surface area (Å²) in [5.41, 5.74) is 1.19. The highest BCUT2D eigenvalue weighted by Crippen LogP contribution is 2.43. The number of H-pyrrole nitrogens is 1. The van der Waals surface area contributed by atoms with Crippen molar-refractivity contribution in [1.29, 1.82) is 0 Å². The van der Waals surface area contributed by atoms with Crippen LogP contribution in [0.1, 0.15) is 37.4 Å². The van der Waals surface area contributed by atoms with Crippen molar-refractivity contribution in [2.24, 2.45) is 5.92 Å². The molecule has 0 spiro atoms. The van der Waals surface area contributed by atoms with E-state index < -0.39 is 12.1 Å². The Kier molecular flexibility index (Phi) is 2.91. The average Bonchev–Trinajstić information content (AvgIpc) is 2.81. The molecule has 0 aliphatic heterocycles. The highest BCUT2D eigenvalue weighted by molar-refractivity contribution is 5.68. The van der Waals surface area contributed by atoms with E-state index in [-0.39, 0.29) is 18.8 Å². The Morgan fingerprint density at radius 1 is 1.26 bits per heavy atom. The molecule has 0 bridgehead atoms. The number of hydrogen-bond acceptors (Lipinski definition) is 3. The largest absolute Gasteiger partial charge is 0.391 e. The van der Waals surface area contributed by atoms with Gasteiger partial charge in [0.2, 0.25) is 0 Å². The van der Waals surface area contributed by atoms with Gasteiger partial charge in [-0.25, -0.2) is 15.0 Å². The van der Waals surface area contributed by atoms with Crippen LogP contribution in [0.2, 0.25) is 0 Å². The molecule has 102 valence electrons. The molecule has 2 aromatic rings. The van der Waals surface area contributed by atoms with Crippen molar-refractivity contribution >= 4 is 11.2 Å². The van der Waals surface area contributed by atoms with Gasteiger partial charge in [-0.2, -0.15) is 13.2 Å². The smallest absolute Gasteiger partial charge is 0.339 e. The van der Waals surface area contributed by atoms with Crippen molar-refractivity contribution in [2.75, 3.05) is 0 Å². The summed E-state index contributed by atoms with van der Waals surface area (Å²) in [6.07, 6.45) is 0.508. The van der Waals surface area contributed by atoms with E-state index in [2.05, 4.69) is 19.9 Å². The lowest BCUT2D eigenvalue weighted by Crippen LogP contribution is -2.28. The number of nitrogens with one attached hydrogen (secondary N) is 1. The number of hydrogen-bond donors (Lipinski definition) is 1. The van der Waals surface area contributed by atoms with Crippen LogP contribution in [0.25, 0.3) is 11.2 Å². The van der Waals surface area contributed by atoms with Crippen LogP contribution >= 0.6 is 0 Å². The summed E-state index contributed by atoms with van der Waals surface area (Å²) in [5.74, 6) is -0.787. The first-order valence-electron chi connectivity index (χ1n) is 6.26. The number of alkyl halides is 3. The number of rotatable bonds is 1. The lowest BCUT2D eigenvalue weighted by atomic mass is 9.80. The molecule has 2 unspecified atom stereocenters. The minimum absolute atomic E-state index is 0.108. The molecule has 0 amide bonds. The molecule has 0 saturated heterocycles. The zero-order chi connectivity index (χ0) is 13.5. The fourth-order valence-electron chi connectivity index (χ4n) is 2.71. The van der Waals surface area contributed by atoms with Gasteiger partial charge in [0.25, 0.3) is 0 Å². The molecule has 1 aliphatic rings. The van der Waals surface area contributed by atoms with Crippen LogP contribution in [0.5, 0.6) is 0 Å². The molecular formula is C12H13F3N4. The number of aromatic amines is 1. The molecule has 2 atom stereocenters. The molecule has 1 fully saturated rings. The maximum Gasteiger partial charge on any atom is 0.391 e. The lowest BCUT2D eigenvalue weighted by molar-refractivity contribution is -0.183. The fraction of sp³-hybridized carbons (Fsp3) is 0.583. The summed E-state index contributed by atoms with van der Waals surface area (Å²) in [6.45, 7) is 0. The molecule has 2 heterocycles. The predicted octanol–water partition coefficient (Wildman–Crippen LogP) is 3.19. The van der Waals surface area contributed by atoms with Gasteiger partial charge in [-0.1, -0.05) is 6.42 Å². The first kappa shape index (κ1) is 12.4. The van der Waals surface area contributed by atoms with Crippen molar-refractivity contribution in [2.45, 2.75) is 37.8 Å². The highest BCUT2D eigenvalue weighted by Gasteiger charge is 2.42. The van der Waals surface area contributed by atoms with E-state index in [0.29, 0.717) is 23.4 Å². The van der Waals surface area contributed by atoms with E-state index in [4.69, 9.17) is 0 Å². The zero-order valence-electron chi connectivity index (χ0n) is 10.1. The fourth-order valence-corrected chi connectivity index (χ4v) is 2.71. The van der Waals surface area contributed by atoms with Crippen LogP contribution in [0, 0.1) is 5.92 Å². The summed E-state index contributed by atoms with van der Waals surface area (Å²) < 4.78 is 38.3. The molecule has 1 aliphatic carbocycles. The van der Waals surface area contributed by atoms with E-state index >= 15 is 0 Å². The molecule has 0 radical (unpaired) electrons. The van der Waals surface area contributed by atoms with Gasteiger partial charge < -0.3 is 4.98 Å². The maximum absolute atomic E-state index is 12.8. The number of nitrogens with zero attached hydrogens (tertiary/aromatic N) is 3. The van der Waals surface area contributed by atoms with E-state index in [0.717, 1.165) is 6.42 Å². The molecule has 1 saturated carbocycles. The highest BCUT2D eigenvalue weighted by atomic mass is 19.4. The summed E-state index contributed by atoms with van der Waals surface area (Å²) in [6, 6.07) is 0.